The lowest BCUT2D eigenvalue weighted by atomic mass is 10.2. The molecule has 23 heavy (non-hydrogen) atoms. The second-order valence-corrected chi connectivity index (χ2v) is 4.76. The molecular formula is C15H22N2O6. The molecule has 1 aromatic rings. The van der Waals surface area contributed by atoms with Crippen molar-refractivity contribution in [1.29, 1.82) is 0 Å². The Kier molecular flexibility index (Phi) is 7.86. The van der Waals surface area contributed by atoms with Gasteiger partial charge in [-0.25, -0.2) is 0 Å². The van der Waals surface area contributed by atoms with Crippen molar-refractivity contribution in [3.63, 3.8) is 0 Å². The first-order valence-corrected chi connectivity index (χ1v) is 7.06. The number of hydrogen-bond donors (Lipinski definition) is 2. The molecule has 3 N–H and O–H groups in total. The highest BCUT2D eigenvalue weighted by Crippen LogP contribution is 2.28. The molecule has 0 heterocycles. The van der Waals surface area contributed by atoms with Gasteiger partial charge in [0.05, 0.1) is 45.4 Å². The Morgan fingerprint density at radius 1 is 1.26 bits per heavy atom. The molecule has 0 aromatic heterocycles. The van der Waals surface area contributed by atoms with Gasteiger partial charge in [0.1, 0.15) is 17.5 Å². The number of carboxylic acids is 1. The van der Waals surface area contributed by atoms with Crippen LogP contribution < -0.4 is 25.2 Å². The van der Waals surface area contributed by atoms with Crippen LogP contribution in [0.3, 0.4) is 0 Å². The summed E-state index contributed by atoms with van der Waals surface area (Å²) in [5, 5.41) is 15.2. The molecule has 0 spiro atoms. The van der Waals surface area contributed by atoms with Crippen LogP contribution in [0.15, 0.2) is 18.2 Å². The molecule has 0 aliphatic heterocycles. The lowest BCUT2D eigenvalue weighted by Crippen LogP contribution is -2.94. The van der Waals surface area contributed by atoms with Crippen molar-refractivity contribution in [3.05, 3.63) is 18.2 Å². The quantitative estimate of drug-likeness (QED) is 0.499. The van der Waals surface area contributed by atoms with Gasteiger partial charge < -0.3 is 34.7 Å². The summed E-state index contributed by atoms with van der Waals surface area (Å²) in [4.78, 5) is 23.2. The molecule has 0 radical (unpaired) electrons. The predicted molar refractivity (Wildman–Crippen MR) is 80.3 cm³/mol. The lowest BCUT2D eigenvalue weighted by molar-refractivity contribution is -0.683. The van der Waals surface area contributed by atoms with Gasteiger partial charge in [-0.3, -0.25) is 4.79 Å². The van der Waals surface area contributed by atoms with E-state index in [0.29, 0.717) is 30.3 Å². The number of nitrogens with one attached hydrogen (secondary N) is 1. The maximum Gasteiger partial charge on any atom is 0.230 e. The highest BCUT2D eigenvalue weighted by molar-refractivity contribution is 5.94. The molecule has 1 atom stereocenters. The molecule has 1 amide bonds. The summed E-state index contributed by atoms with van der Waals surface area (Å²) in [6.45, 7) is 0.806. The Hall–Kier alpha value is -2.32. The Morgan fingerprint density at radius 3 is 2.57 bits per heavy atom. The number of methoxy groups -OCH3 is 3. The Bertz CT molecular complexity index is 535. The van der Waals surface area contributed by atoms with E-state index in [9.17, 15) is 14.7 Å². The number of aliphatic carboxylic acids is 1. The van der Waals surface area contributed by atoms with E-state index >= 15 is 0 Å². The molecule has 8 heteroatoms. The number of quaternary nitrogens is 1. The number of carbonyl (C=O) groups excluding carboxylic acids is 2. The van der Waals surface area contributed by atoms with Crippen molar-refractivity contribution >= 4 is 17.6 Å². The fourth-order valence-corrected chi connectivity index (χ4v) is 1.96. The van der Waals surface area contributed by atoms with Crippen molar-refractivity contribution in [2.75, 3.05) is 39.8 Å². The van der Waals surface area contributed by atoms with Gasteiger partial charge in [0, 0.05) is 13.2 Å². The first-order valence-electron chi connectivity index (χ1n) is 7.06. The molecule has 0 fully saturated rings. The van der Waals surface area contributed by atoms with Crippen LogP contribution in [0.1, 0.15) is 6.42 Å². The van der Waals surface area contributed by atoms with Gasteiger partial charge in [0.25, 0.3) is 0 Å². The summed E-state index contributed by atoms with van der Waals surface area (Å²) in [6, 6.07) is 3.95. The molecule has 128 valence electrons. The van der Waals surface area contributed by atoms with Crippen molar-refractivity contribution in [2.45, 2.75) is 12.5 Å². The molecule has 8 nitrogen and oxygen atoms in total. The Labute approximate surface area is 134 Å². The normalized spacial score (nSPS) is 11.6. The molecule has 0 aliphatic carbocycles. The van der Waals surface area contributed by atoms with Crippen molar-refractivity contribution in [3.8, 4) is 11.5 Å². The zero-order valence-corrected chi connectivity index (χ0v) is 13.5. The van der Waals surface area contributed by atoms with Gasteiger partial charge in [-0.05, 0) is 12.1 Å². The molecule has 0 saturated heterocycles. The average molecular weight is 326 g/mol. The van der Waals surface area contributed by atoms with Crippen molar-refractivity contribution in [1.82, 2.24) is 0 Å². The van der Waals surface area contributed by atoms with Gasteiger partial charge in [0.15, 0.2) is 0 Å². The highest BCUT2D eigenvalue weighted by Gasteiger charge is 2.19. The van der Waals surface area contributed by atoms with Crippen molar-refractivity contribution in [2.24, 2.45) is 0 Å². The smallest absolute Gasteiger partial charge is 0.230 e. The fourth-order valence-electron chi connectivity index (χ4n) is 1.96. The molecule has 0 saturated carbocycles. The largest absolute Gasteiger partial charge is 0.544 e. The molecule has 0 aliphatic rings. The summed E-state index contributed by atoms with van der Waals surface area (Å²) in [5.74, 6) is -0.759. The summed E-state index contributed by atoms with van der Waals surface area (Å²) >= 11 is 0. The molecule has 0 unspecified atom stereocenters. The third-order valence-corrected chi connectivity index (χ3v) is 3.16. The first kappa shape index (κ1) is 18.7. The predicted octanol–water partition coefficient (Wildman–Crippen LogP) is -1.64. The van der Waals surface area contributed by atoms with E-state index in [1.165, 1.54) is 26.6 Å². The van der Waals surface area contributed by atoms with Crippen LogP contribution in [-0.4, -0.2) is 52.4 Å². The number of hydrogen-bond acceptors (Lipinski definition) is 6. The van der Waals surface area contributed by atoms with Gasteiger partial charge >= 0.3 is 0 Å². The Balaban J connectivity index is 2.72. The standard InChI is InChI=1S/C15H22N2O6/c1-21-7-6-16-12(15(19)20)9-14(18)17-11-8-10(22-2)4-5-13(11)23-3/h4-5,8,12,16H,6-7,9H2,1-3H3,(H,17,18)(H,19,20)/t12-/m1/s1. The van der Waals surface area contributed by atoms with E-state index < -0.39 is 17.9 Å². The SMILES string of the molecule is COCC[NH2+][C@H](CC(=O)Nc1cc(OC)ccc1OC)C(=O)[O-]. The van der Waals surface area contributed by atoms with Crippen LogP contribution in [0.4, 0.5) is 5.69 Å². The van der Waals surface area contributed by atoms with Crippen LogP contribution in [0.5, 0.6) is 11.5 Å². The van der Waals surface area contributed by atoms with Gasteiger partial charge in [-0.2, -0.15) is 0 Å². The van der Waals surface area contributed by atoms with E-state index in [1.807, 2.05) is 0 Å². The minimum absolute atomic E-state index is 0.230. The second-order valence-electron chi connectivity index (χ2n) is 4.76. The van der Waals surface area contributed by atoms with Crippen LogP contribution in [0.2, 0.25) is 0 Å². The summed E-state index contributed by atoms with van der Waals surface area (Å²) in [6.07, 6.45) is -0.230. The number of ether oxygens (including phenoxy) is 3. The number of benzene rings is 1. The number of anilines is 1. The number of carboxylic acid groups (broad SMARTS) is 1. The zero-order valence-electron chi connectivity index (χ0n) is 13.5. The molecule has 1 rings (SSSR count). The van der Waals surface area contributed by atoms with Crippen LogP contribution in [0, 0.1) is 0 Å². The average Bonchev–Trinajstić information content (AvgIpc) is 2.53. The topological polar surface area (TPSA) is 114 Å². The monoisotopic (exact) mass is 326 g/mol. The number of amides is 1. The van der Waals surface area contributed by atoms with Crippen molar-refractivity contribution < 1.29 is 34.2 Å². The van der Waals surface area contributed by atoms with E-state index in [1.54, 1.807) is 18.2 Å². The lowest BCUT2D eigenvalue weighted by Gasteiger charge is -2.17. The van der Waals surface area contributed by atoms with Crippen LogP contribution >= 0.6 is 0 Å². The van der Waals surface area contributed by atoms with E-state index in [2.05, 4.69) is 5.32 Å². The summed E-state index contributed by atoms with van der Waals surface area (Å²) in [5.41, 5.74) is 0.408. The van der Waals surface area contributed by atoms with Gasteiger partial charge in [0.2, 0.25) is 5.91 Å². The maximum absolute atomic E-state index is 12.1. The highest BCUT2D eigenvalue weighted by atomic mass is 16.5. The summed E-state index contributed by atoms with van der Waals surface area (Å²) < 4.78 is 15.1. The Morgan fingerprint density at radius 2 is 2.00 bits per heavy atom. The van der Waals surface area contributed by atoms with Gasteiger partial charge in [-0.15, -0.1) is 0 Å². The number of nitrogens with two attached hydrogens (primary N) is 1. The van der Waals surface area contributed by atoms with Gasteiger partial charge in [-0.1, -0.05) is 0 Å². The third-order valence-electron chi connectivity index (χ3n) is 3.16. The second kappa shape index (κ2) is 9.65. The minimum atomic E-state index is -1.30. The number of rotatable bonds is 10. The zero-order chi connectivity index (χ0) is 17.2. The van der Waals surface area contributed by atoms with Crippen LogP contribution in [-0.2, 0) is 14.3 Å². The third kappa shape index (κ3) is 6.13. The number of carbonyl (C=O) groups is 2. The van der Waals surface area contributed by atoms with Crippen LogP contribution in [0.25, 0.3) is 0 Å². The van der Waals surface area contributed by atoms with E-state index in [-0.39, 0.29) is 6.42 Å². The van der Waals surface area contributed by atoms with E-state index in [0.717, 1.165) is 0 Å². The fraction of sp³-hybridized carbons (Fsp3) is 0.467. The maximum atomic E-state index is 12.1. The minimum Gasteiger partial charge on any atom is -0.544 e. The molecular weight excluding hydrogens is 304 g/mol. The van der Waals surface area contributed by atoms with E-state index in [4.69, 9.17) is 14.2 Å². The molecule has 0 bridgehead atoms. The summed E-state index contributed by atoms with van der Waals surface area (Å²) in [7, 11) is 4.49. The molecule has 1 aromatic carbocycles. The first-order chi connectivity index (χ1) is 11.0.